The molecule has 1 aliphatic heterocycles. The summed E-state index contributed by atoms with van der Waals surface area (Å²) in [6.07, 6.45) is 3.10. The number of furan rings is 1. The highest BCUT2D eigenvalue weighted by atomic mass is 16.6. The molecule has 1 aromatic heterocycles. The molecule has 0 spiro atoms. The molecule has 5 nitrogen and oxygen atoms in total. The molecular weight excluding hydrogens is 236 g/mol. The van der Waals surface area contributed by atoms with Gasteiger partial charge in [-0.1, -0.05) is 0 Å². The molecule has 0 bridgehead atoms. The summed E-state index contributed by atoms with van der Waals surface area (Å²) in [7, 11) is 0. The number of ketones is 2. The highest BCUT2D eigenvalue weighted by molar-refractivity contribution is 5.93. The van der Waals surface area contributed by atoms with E-state index in [9.17, 15) is 14.7 Å². The normalized spacial score (nSPS) is 27.3. The van der Waals surface area contributed by atoms with Crippen molar-refractivity contribution in [2.75, 3.05) is 0 Å². The van der Waals surface area contributed by atoms with E-state index in [1.807, 2.05) is 0 Å². The minimum atomic E-state index is -1.97. The molecule has 0 aliphatic carbocycles. The van der Waals surface area contributed by atoms with E-state index in [1.165, 1.54) is 20.1 Å². The lowest BCUT2D eigenvalue weighted by molar-refractivity contribution is -0.197. The second kappa shape index (κ2) is 4.42. The molecule has 0 fully saturated rings. The summed E-state index contributed by atoms with van der Waals surface area (Å²) in [4.78, 5) is 22.8. The third-order valence-electron chi connectivity index (χ3n) is 2.93. The zero-order chi connectivity index (χ0) is 13.3. The molecule has 1 aliphatic rings. The van der Waals surface area contributed by atoms with Crippen LogP contribution in [0.3, 0.4) is 0 Å². The summed E-state index contributed by atoms with van der Waals surface area (Å²) < 4.78 is 10.3. The predicted molar refractivity (Wildman–Crippen MR) is 61.5 cm³/mol. The van der Waals surface area contributed by atoms with E-state index in [2.05, 4.69) is 0 Å². The van der Waals surface area contributed by atoms with Crippen LogP contribution in [0.5, 0.6) is 0 Å². The molecule has 2 unspecified atom stereocenters. The number of allylic oxidation sites excluding steroid dienone is 2. The lowest BCUT2D eigenvalue weighted by Gasteiger charge is -2.33. The van der Waals surface area contributed by atoms with Crippen LogP contribution in [0.2, 0.25) is 0 Å². The molecule has 2 heterocycles. The third-order valence-corrected chi connectivity index (χ3v) is 2.93. The van der Waals surface area contributed by atoms with Crippen LogP contribution >= 0.6 is 0 Å². The van der Waals surface area contributed by atoms with Crippen molar-refractivity contribution in [3.63, 3.8) is 0 Å². The Morgan fingerprint density at radius 3 is 2.67 bits per heavy atom. The second-order valence-electron chi connectivity index (χ2n) is 4.36. The van der Waals surface area contributed by atoms with Crippen molar-refractivity contribution in [1.82, 2.24) is 0 Å². The van der Waals surface area contributed by atoms with Crippen molar-refractivity contribution >= 4 is 11.6 Å². The Hall–Kier alpha value is -1.88. The van der Waals surface area contributed by atoms with Gasteiger partial charge in [-0.3, -0.25) is 9.59 Å². The number of rotatable bonds is 3. The van der Waals surface area contributed by atoms with Crippen LogP contribution < -0.4 is 0 Å². The minimum Gasteiger partial charge on any atom is -0.469 e. The van der Waals surface area contributed by atoms with Gasteiger partial charge in [0.15, 0.2) is 11.5 Å². The van der Waals surface area contributed by atoms with Crippen LogP contribution in [0, 0.1) is 0 Å². The molecule has 18 heavy (non-hydrogen) atoms. The standard InChI is InChI=1S/C13H14O5/c1-8(14)12-6-10(11-4-3-5-17-11)7-13(16,18-12)9(2)15/h3-6,10,16H,7H2,1-2H3. The van der Waals surface area contributed by atoms with Crippen molar-refractivity contribution in [1.29, 1.82) is 0 Å². The van der Waals surface area contributed by atoms with E-state index >= 15 is 0 Å². The summed E-state index contributed by atoms with van der Waals surface area (Å²) >= 11 is 0. The van der Waals surface area contributed by atoms with Crippen LogP contribution in [-0.2, 0) is 14.3 Å². The molecule has 2 atom stereocenters. The fourth-order valence-corrected chi connectivity index (χ4v) is 1.89. The zero-order valence-electron chi connectivity index (χ0n) is 10.2. The number of carbonyl (C=O) groups excluding carboxylic acids is 2. The van der Waals surface area contributed by atoms with Crippen molar-refractivity contribution in [3.05, 3.63) is 36.0 Å². The molecule has 5 heteroatoms. The Kier molecular flexibility index (Phi) is 3.09. The Balaban J connectivity index is 2.39. The van der Waals surface area contributed by atoms with Crippen LogP contribution in [0.4, 0.5) is 0 Å². The average Bonchev–Trinajstić information content (AvgIpc) is 2.81. The number of carbonyl (C=O) groups is 2. The van der Waals surface area contributed by atoms with Gasteiger partial charge in [-0.2, -0.15) is 0 Å². The van der Waals surface area contributed by atoms with E-state index in [-0.39, 0.29) is 23.9 Å². The summed E-state index contributed by atoms with van der Waals surface area (Å²) in [5, 5.41) is 10.1. The van der Waals surface area contributed by atoms with Crippen molar-refractivity contribution in [2.24, 2.45) is 0 Å². The van der Waals surface area contributed by atoms with Gasteiger partial charge in [0.25, 0.3) is 5.79 Å². The van der Waals surface area contributed by atoms with Crippen LogP contribution in [0.25, 0.3) is 0 Å². The molecule has 0 aromatic carbocycles. The third kappa shape index (κ3) is 2.22. The molecular formula is C13H14O5. The average molecular weight is 250 g/mol. The maximum absolute atomic E-state index is 11.5. The number of hydrogen-bond acceptors (Lipinski definition) is 5. The molecule has 1 aromatic rings. The predicted octanol–water partition coefficient (Wildman–Crippen LogP) is 1.53. The lowest BCUT2D eigenvalue weighted by atomic mass is 9.90. The summed E-state index contributed by atoms with van der Waals surface area (Å²) in [6.45, 7) is 2.54. The lowest BCUT2D eigenvalue weighted by Crippen LogP contribution is -2.44. The Labute approximate surface area is 104 Å². The van der Waals surface area contributed by atoms with Crippen molar-refractivity contribution < 1.29 is 23.8 Å². The first-order valence-corrected chi connectivity index (χ1v) is 5.61. The smallest absolute Gasteiger partial charge is 0.268 e. The van der Waals surface area contributed by atoms with Gasteiger partial charge in [-0.05, 0) is 18.2 Å². The van der Waals surface area contributed by atoms with Gasteiger partial charge in [-0.25, -0.2) is 0 Å². The van der Waals surface area contributed by atoms with E-state index in [0.29, 0.717) is 5.76 Å². The van der Waals surface area contributed by atoms with Gasteiger partial charge < -0.3 is 14.3 Å². The zero-order valence-corrected chi connectivity index (χ0v) is 10.2. The summed E-state index contributed by atoms with van der Waals surface area (Å²) in [6, 6.07) is 3.43. The van der Waals surface area contributed by atoms with E-state index < -0.39 is 11.6 Å². The number of hydrogen-bond donors (Lipinski definition) is 1. The molecule has 96 valence electrons. The monoisotopic (exact) mass is 250 g/mol. The molecule has 1 N–H and O–H groups in total. The Bertz CT molecular complexity index is 499. The minimum absolute atomic E-state index is 0.0136. The number of ether oxygens (including phenoxy) is 1. The SMILES string of the molecule is CC(=O)C1=CC(c2ccco2)CC(O)(C(C)=O)O1. The first-order valence-electron chi connectivity index (χ1n) is 5.61. The summed E-state index contributed by atoms with van der Waals surface area (Å²) in [5.41, 5.74) is 0. The topological polar surface area (TPSA) is 76.7 Å². The number of aliphatic hydroxyl groups is 1. The maximum atomic E-state index is 11.5. The number of Topliss-reactive ketones (excluding diaryl/α,β-unsaturated/α-hetero) is 2. The van der Waals surface area contributed by atoms with Gasteiger partial charge in [-0.15, -0.1) is 0 Å². The fourth-order valence-electron chi connectivity index (χ4n) is 1.89. The quantitative estimate of drug-likeness (QED) is 0.880. The van der Waals surface area contributed by atoms with Crippen molar-refractivity contribution in [2.45, 2.75) is 32.0 Å². The van der Waals surface area contributed by atoms with E-state index in [0.717, 1.165) is 0 Å². The molecule has 0 saturated heterocycles. The first-order chi connectivity index (χ1) is 8.42. The maximum Gasteiger partial charge on any atom is 0.268 e. The highest BCUT2D eigenvalue weighted by Gasteiger charge is 2.43. The van der Waals surface area contributed by atoms with Gasteiger partial charge in [0, 0.05) is 26.2 Å². The van der Waals surface area contributed by atoms with E-state index in [1.54, 1.807) is 18.2 Å². The Morgan fingerprint density at radius 2 is 2.17 bits per heavy atom. The second-order valence-corrected chi connectivity index (χ2v) is 4.36. The van der Waals surface area contributed by atoms with Gasteiger partial charge in [0.2, 0.25) is 5.78 Å². The molecule has 0 amide bonds. The van der Waals surface area contributed by atoms with Gasteiger partial charge in [0.05, 0.1) is 6.26 Å². The fraction of sp³-hybridized carbons (Fsp3) is 0.385. The molecule has 0 radical (unpaired) electrons. The highest BCUT2D eigenvalue weighted by Crippen LogP contribution is 2.36. The first kappa shape index (κ1) is 12.6. The van der Waals surface area contributed by atoms with Crippen LogP contribution in [0.15, 0.2) is 34.6 Å². The van der Waals surface area contributed by atoms with Crippen LogP contribution in [-0.4, -0.2) is 22.5 Å². The molecule has 2 rings (SSSR count). The van der Waals surface area contributed by atoms with E-state index in [4.69, 9.17) is 9.15 Å². The van der Waals surface area contributed by atoms with Crippen molar-refractivity contribution in [3.8, 4) is 0 Å². The van der Waals surface area contributed by atoms with Gasteiger partial charge in [0.1, 0.15) is 5.76 Å². The van der Waals surface area contributed by atoms with Crippen LogP contribution in [0.1, 0.15) is 31.9 Å². The molecule has 0 saturated carbocycles. The largest absolute Gasteiger partial charge is 0.469 e. The summed E-state index contributed by atoms with van der Waals surface area (Å²) in [5.74, 6) is -2.64. The Morgan fingerprint density at radius 1 is 1.44 bits per heavy atom. The van der Waals surface area contributed by atoms with Gasteiger partial charge >= 0.3 is 0 Å².